The largest absolute Gasteiger partial charge is 0.393 e. The molecule has 0 spiro atoms. The lowest BCUT2D eigenvalue weighted by Crippen LogP contribution is -2.47. The topological polar surface area (TPSA) is 27.0 Å². The summed E-state index contributed by atoms with van der Waals surface area (Å²) >= 11 is 0. The predicted molar refractivity (Wildman–Crippen MR) is 54.6 cm³/mol. The molecule has 0 aliphatic carbocycles. The lowest BCUT2D eigenvalue weighted by molar-refractivity contribution is -0.188. The van der Waals surface area contributed by atoms with Crippen LogP contribution >= 0.6 is 0 Å². The van der Waals surface area contributed by atoms with Crippen molar-refractivity contribution in [3.8, 4) is 6.07 Å². The Balaban J connectivity index is 2.67. The lowest BCUT2D eigenvalue weighted by Gasteiger charge is -2.37. The van der Waals surface area contributed by atoms with Gasteiger partial charge in [-0.15, -0.1) is 0 Å². The molecule has 0 N–H and O–H groups in total. The second-order valence-electron chi connectivity index (χ2n) is 4.69. The number of nitriles is 1. The summed E-state index contributed by atoms with van der Waals surface area (Å²) in [4.78, 5) is 1.67. The summed E-state index contributed by atoms with van der Waals surface area (Å²) in [7, 11) is 0. The zero-order valence-corrected chi connectivity index (χ0v) is 9.59. The highest BCUT2D eigenvalue weighted by Crippen LogP contribution is 2.34. The van der Waals surface area contributed by atoms with Crippen molar-refractivity contribution in [1.82, 2.24) is 4.90 Å². The van der Waals surface area contributed by atoms with Crippen molar-refractivity contribution in [3.63, 3.8) is 0 Å². The van der Waals surface area contributed by atoms with Gasteiger partial charge in [0.15, 0.2) is 0 Å². The van der Waals surface area contributed by atoms with E-state index in [1.807, 2.05) is 13.8 Å². The highest BCUT2D eigenvalue weighted by Gasteiger charge is 2.43. The predicted octanol–water partition coefficient (Wildman–Crippen LogP) is 2.81. The summed E-state index contributed by atoms with van der Waals surface area (Å²) in [5.74, 6) is -1.20. The van der Waals surface area contributed by atoms with E-state index < -0.39 is 18.1 Å². The standard InChI is InChI=1S/C11H17F3N2/c1-8(2)10(6-15)16-5-3-4-9(7-16)11(12,13)14/h8-10H,3-5,7H2,1-2H3/t9-,10-/m1/s1. The Labute approximate surface area is 94.0 Å². The normalized spacial score (nSPS) is 25.4. The molecule has 1 heterocycles. The van der Waals surface area contributed by atoms with E-state index in [-0.39, 0.29) is 18.9 Å². The first-order valence-electron chi connectivity index (χ1n) is 5.56. The maximum Gasteiger partial charge on any atom is 0.393 e. The van der Waals surface area contributed by atoms with Crippen LogP contribution in [0.25, 0.3) is 0 Å². The van der Waals surface area contributed by atoms with Crippen LogP contribution in [0.3, 0.4) is 0 Å². The summed E-state index contributed by atoms with van der Waals surface area (Å²) in [5, 5.41) is 8.96. The van der Waals surface area contributed by atoms with Gasteiger partial charge in [-0.25, -0.2) is 0 Å². The number of halogens is 3. The molecule has 1 rings (SSSR count). The maximum absolute atomic E-state index is 12.6. The Kier molecular flexibility index (Phi) is 4.20. The van der Waals surface area contributed by atoms with E-state index in [0.717, 1.165) is 0 Å². The molecule has 0 aromatic carbocycles. The van der Waals surface area contributed by atoms with Gasteiger partial charge in [0.05, 0.1) is 12.0 Å². The first kappa shape index (κ1) is 13.3. The van der Waals surface area contributed by atoms with Crippen LogP contribution in [0.2, 0.25) is 0 Å². The molecule has 0 aromatic heterocycles. The van der Waals surface area contributed by atoms with Crippen molar-refractivity contribution < 1.29 is 13.2 Å². The molecule has 92 valence electrons. The fraction of sp³-hybridized carbons (Fsp3) is 0.909. The van der Waals surface area contributed by atoms with Crippen LogP contribution in [0, 0.1) is 23.2 Å². The van der Waals surface area contributed by atoms with Gasteiger partial charge in [0.25, 0.3) is 0 Å². The van der Waals surface area contributed by atoms with Gasteiger partial charge >= 0.3 is 6.18 Å². The number of hydrogen-bond donors (Lipinski definition) is 0. The van der Waals surface area contributed by atoms with Crippen LogP contribution < -0.4 is 0 Å². The Hall–Kier alpha value is -0.760. The molecule has 0 aromatic rings. The van der Waals surface area contributed by atoms with Gasteiger partial charge < -0.3 is 0 Å². The summed E-state index contributed by atoms with van der Waals surface area (Å²) in [6.45, 7) is 4.30. The van der Waals surface area contributed by atoms with E-state index in [2.05, 4.69) is 6.07 Å². The highest BCUT2D eigenvalue weighted by molar-refractivity contribution is 4.96. The number of rotatable bonds is 2. The Bertz CT molecular complexity index is 267. The van der Waals surface area contributed by atoms with Crippen molar-refractivity contribution in [3.05, 3.63) is 0 Å². The van der Waals surface area contributed by atoms with Crippen LogP contribution in [0.4, 0.5) is 13.2 Å². The molecule has 1 fully saturated rings. The molecule has 1 aliphatic heterocycles. The average molecular weight is 234 g/mol. The van der Waals surface area contributed by atoms with E-state index in [4.69, 9.17) is 5.26 Å². The number of piperidine rings is 1. The first-order valence-corrected chi connectivity index (χ1v) is 5.56. The molecule has 1 aliphatic rings. The summed E-state index contributed by atoms with van der Waals surface area (Å²) in [6, 6.07) is 1.70. The summed E-state index contributed by atoms with van der Waals surface area (Å²) in [6.07, 6.45) is -3.42. The molecule has 0 radical (unpaired) electrons. The van der Waals surface area contributed by atoms with E-state index >= 15 is 0 Å². The van der Waals surface area contributed by atoms with Crippen LogP contribution in [0.1, 0.15) is 26.7 Å². The molecule has 0 amide bonds. The van der Waals surface area contributed by atoms with Crippen molar-refractivity contribution in [2.75, 3.05) is 13.1 Å². The van der Waals surface area contributed by atoms with Crippen LogP contribution in [0.5, 0.6) is 0 Å². The van der Waals surface area contributed by atoms with Crippen LogP contribution in [0.15, 0.2) is 0 Å². The maximum atomic E-state index is 12.6. The van der Waals surface area contributed by atoms with Crippen molar-refractivity contribution in [2.24, 2.45) is 11.8 Å². The Morgan fingerprint density at radius 2 is 2.00 bits per heavy atom. The quantitative estimate of drug-likeness (QED) is 0.734. The van der Waals surface area contributed by atoms with Gasteiger partial charge in [-0.3, -0.25) is 4.90 Å². The third-order valence-electron chi connectivity index (χ3n) is 3.07. The zero-order chi connectivity index (χ0) is 12.3. The average Bonchev–Trinajstić information content (AvgIpc) is 2.17. The van der Waals surface area contributed by atoms with E-state index in [1.165, 1.54) is 0 Å². The number of nitrogens with zero attached hydrogens (tertiary/aromatic N) is 2. The van der Waals surface area contributed by atoms with Crippen molar-refractivity contribution in [1.29, 1.82) is 5.26 Å². The minimum atomic E-state index is -4.13. The fourth-order valence-electron chi connectivity index (χ4n) is 2.18. The first-order chi connectivity index (χ1) is 7.36. The third-order valence-corrected chi connectivity index (χ3v) is 3.07. The monoisotopic (exact) mass is 234 g/mol. The second kappa shape index (κ2) is 5.05. The molecular formula is C11H17F3N2. The highest BCUT2D eigenvalue weighted by atomic mass is 19.4. The molecule has 2 atom stereocenters. The SMILES string of the molecule is CC(C)[C@@H](C#N)N1CCC[C@@H](C(F)(F)F)C1. The van der Waals surface area contributed by atoms with Gasteiger partial charge in [0.2, 0.25) is 0 Å². The molecular weight excluding hydrogens is 217 g/mol. The number of likely N-dealkylation sites (tertiary alicyclic amines) is 1. The Morgan fingerprint density at radius 1 is 1.38 bits per heavy atom. The molecule has 16 heavy (non-hydrogen) atoms. The van der Waals surface area contributed by atoms with Gasteiger partial charge in [0.1, 0.15) is 6.04 Å². The summed E-state index contributed by atoms with van der Waals surface area (Å²) in [5.41, 5.74) is 0. The molecule has 1 saturated heterocycles. The zero-order valence-electron chi connectivity index (χ0n) is 9.59. The van der Waals surface area contributed by atoms with Crippen LogP contribution in [-0.4, -0.2) is 30.2 Å². The smallest absolute Gasteiger partial charge is 0.287 e. The van der Waals surface area contributed by atoms with Crippen LogP contribution in [-0.2, 0) is 0 Å². The van der Waals surface area contributed by atoms with Gasteiger partial charge in [-0.2, -0.15) is 18.4 Å². The molecule has 0 saturated carbocycles. The number of alkyl halides is 3. The minimum absolute atomic E-state index is 0.0279. The van der Waals surface area contributed by atoms with E-state index in [0.29, 0.717) is 13.0 Å². The van der Waals surface area contributed by atoms with E-state index in [9.17, 15) is 13.2 Å². The van der Waals surface area contributed by atoms with Gasteiger partial charge in [0, 0.05) is 6.54 Å². The van der Waals surface area contributed by atoms with Crippen molar-refractivity contribution >= 4 is 0 Å². The minimum Gasteiger partial charge on any atom is -0.287 e. The second-order valence-corrected chi connectivity index (χ2v) is 4.69. The molecule has 2 nitrogen and oxygen atoms in total. The lowest BCUT2D eigenvalue weighted by atomic mass is 9.94. The number of hydrogen-bond acceptors (Lipinski definition) is 2. The Morgan fingerprint density at radius 3 is 2.44 bits per heavy atom. The molecule has 5 heteroatoms. The van der Waals surface area contributed by atoms with Crippen molar-refractivity contribution in [2.45, 2.75) is 38.9 Å². The summed E-state index contributed by atoms with van der Waals surface area (Å²) < 4.78 is 37.7. The third kappa shape index (κ3) is 3.11. The molecule has 0 bridgehead atoms. The fourth-order valence-corrected chi connectivity index (χ4v) is 2.18. The molecule has 0 unspecified atom stereocenters. The van der Waals surface area contributed by atoms with E-state index in [1.54, 1.807) is 4.90 Å². The van der Waals surface area contributed by atoms with Gasteiger partial charge in [-0.1, -0.05) is 13.8 Å². The van der Waals surface area contributed by atoms with Gasteiger partial charge in [-0.05, 0) is 25.3 Å².